The first-order valence-electron chi connectivity index (χ1n) is 13.3. The number of hydrogen-bond donors (Lipinski definition) is 2. The van der Waals surface area contributed by atoms with Gasteiger partial charge in [0.25, 0.3) is 5.56 Å². The van der Waals surface area contributed by atoms with Crippen LogP contribution in [0.4, 0.5) is 23.4 Å². The summed E-state index contributed by atoms with van der Waals surface area (Å²) in [5.41, 5.74) is -1.59. The number of rotatable bonds is 6. The summed E-state index contributed by atoms with van der Waals surface area (Å²) in [4.78, 5) is 30.0. The minimum atomic E-state index is -4.83. The van der Waals surface area contributed by atoms with Gasteiger partial charge < -0.3 is 15.0 Å². The third-order valence-electron chi connectivity index (χ3n) is 7.64. The standard InChI is InChI=1S/C33H23F4N3O3/c1-40-26-14-3-2-9-23(26)29(33(35,36)37)28(31(40)41)22-12-6-10-20-19(8-4-11-21(20)22)17-25(32(42)43)39-30-27-18(15-16-38-30)7-5-13-24(27)34/h2-16,25H,17H2,1H3,(H,38,39)(H,42,43). The minimum Gasteiger partial charge on any atom is -0.480 e. The van der Waals surface area contributed by atoms with Crippen LogP contribution in [-0.2, 0) is 24.4 Å². The lowest BCUT2D eigenvalue weighted by atomic mass is 9.90. The molecule has 0 fully saturated rings. The van der Waals surface area contributed by atoms with Gasteiger partial charge in [-0.25, -0.2) is 14.2 Å². The van der Waals surface area contributed by atoms with Crippen LogP contribution in [0.25, 0.3) is 43.6 Å². The van der Waals surface area contributed by atoms with E-state index in [4.69, 9.17) is 0 Å². The number of para-hydroxylation sites is 1. The first kappa shape index (κ1) is 27.9. The summed E-state index contributed by atoms with van der Waals surface area (Å²) in [7, 11) is 1.43. The van der Waals surface area contributed by atoms with Crippen LogP contribution in [0.15, 0.2) is 95.9 Å². The van der Waals surface area contributed by atoms with Crippen molar-refractivity contribution in [3.8, 4) is 11.1 Å². The molecular formula is C33H23F4N3O3. The van der Waals surface area contributed by atoms with Gasteiger partial charge in [0.15, 0.2) is 0 Å². The molecule has 6 rings (SSSR count). The number of carboxylic acids is 1. The third-order valence-corrected chi connectivity index (χ3v) is 7.64. The van der Waals surface area contributed by atoms with E-state index in [0.717, 1.165) is 0 Å². The molecule has 43 heavy (non-hydrogen) atoms. The molecule has 6 nitrogen and oxygen atoms in total. The number of aromatic nitrogens is 2. The number of carbonyl (C=O) groups is 1. The average molecular weight is 586 g/mol. The number of alkyl halides is 3. The number of nitrogens with one attached hydrogen (secondary N) is 1. The lowest BCUT2D eigenvalue weighted by Gasteiger charge is -2.20. The third kappa shape index (κ3) is 4.84. The van der Waals surface area contributed by atoms with Crippen molar-refractivity contribution in [2.75, 3.05) is 5.32 Å². The fourth-order valence-electron chi connectivity index (χ4n) is 5.69. The van der Waals surface area contributed by atoms with Crippen molar-refractivity contribution < 1.29 is 27.5 Å². The van der Waals surface area contributed by atoms with Crippen LogP contribution in [0.5, 0.6) is 0 Å². The zero-order chi connectivity index (χ0) is 30.5. The summed E-state index contributed by atoms with van der Waals surface area (Å²) in [6, 6.07) is 20.2. The Hall–Kier alpha value is -5.25. The molecule has 0 aliphatic rings. The van der Waals surface area contributed by atoms with E-state index in [0.29, 0.717) is 21.7 Å². The van der Waals surface area contributed by atoms with E-state index in [1.807, 2.05) is 0 Å². The predicted octanol–water partition coefficient (Wildman–Crippen LogP) is 7.17. The summed E-state index contributed by atoms with van der Waals surface area (Å²) in [5.74, 6) is -1.74. The van der Waals surface area contributed by atoms with Crippen molar-refractivity contribution in [2.45, 2.75) is 18.6 Å². The number of benzene rings is 4. The molecule has 4 aromatic carbocycles. The summed E-state index contributed by atoms with van der Waals surface area (Å²) in [6.45, 7) is 0. The molecule has 0 saturated carbocycles. The van der Waals surface area contributed by atoms with Gasteiger partial charge >= 0.3 is 12.1 Å². The molecule has 1 unspecified atom stereocenters. The lowest BCUT2D eigenvalue weighted by Crippen LogP contribution is -2.32. The highest BCUT2D eigenvalue weighted by Crippen LogP contribution is 2.42. The Balaban J connectivity index is 1.50. The van der Waals surface area contributed by atoms with E-state index in [2.05, 4.69) is 10.3 Å². The van der Waals surface area contributed by atoms with E-state index in [9.17, 15) is 32.3 Å². The SMILES string of the molecule is Cn1c(=O)c(-c2cccc3c(CC(Nc4nccc5cccc(F)c45)C(=O)O)cccc23)c(C(F)(F)F)c2ccccc21. The van der Waals surface area contributed by atoms with Gasteiger partial charge in [-0.2, -0.15) is 13.2 Å². The van der Waals surface area contributed by atoms with Gasteiger partial charge in [-0.3, -0.25) is 4.79 Å². The number of hydrogen-bond acceptors (Lipinski definition) is 4. The largest absolute Gasteiger partial charge is 0.480 e. The molecule has 1 atom stereocenters. The smallest absolute Gasteiger partial charge is 0.417 e. The number of pyridine rings is 2. The maximum Gasteiger partial charge on any atom is 0.417 e. The zero-order valence-corrected chi connectivity index (χ0v) is 22.6. The van der Waals surface area contributed by atoms with E-state index in [-0.39, 0.29) is 34.1 Å². The summed E-state index contributed by atoms with van der Waals surface area (Å²) >= 11 is 0. The Labute approximate surface area is 241 Å². The van der Waals surface area contributed by atoms with Crippen LogP contribution in [0.3, 0.4) is 0 Å². The first-order valence-corrected chi connectivity index (χ1v) is 13.3. The van der Waals surface area contributed by atoms with E-state index in [1.54, 1.807) is 48.5 Å². The molecule has 0 amide bonds. The van der Waals surface area contributed by atoms with Gasteiger partial charge in [-0.1, -0.05) is 66.7 Å². The monoisotopic (exact) mass is 585 g/mol. The quantitative estimate of drug-likeness (QED) is 0.203. The second-order valence-corrected chi connectivity index (χ2v) is 10.2. The Morgan fingerprint density at radius 1 is 0.930 bits per heavy atom. The molecule has 0 aliphatic heterocycles. The van der Waals surface area contributed by atoms with E-state index in [1.165, 1.54) is 54.2 Å². The van der Waals surface area contributed by atoms with Crippen molar-refractivity contribution in [1.82, 2.24) is 9.55 Å². The number of anilines is 1. The Bertz CT molecular complexity index is 2120. The topological polar surface area (TPSA) is 84.2 Å². The molecule has 6 aromatic rings. The van der Waals surface area contributed by atoms with Gasteiger partial charge in [0.1, 0.15) is 17.7 Å². The maximum atomic E-state index is 14.7. The van der Waals surface area contributed by atoms with Crippen molar-refractivity contribution in [2.24, 2.45) is 7.05 Å². The summed E-state index contributed by atoms with van der Waals surface area (Å²) in [5, 5.41) is 14.3. The van der Waals surface area contributed by atoms with Gasteiger partial charge in [0, 0.05) is 25.1 Å². The Kier molecular flexibility index (Phi) is 6.84. The van der Waals surface area contributed by atoms with E-state index >= 15 is 0 Å². The van der Waals surface area contributed by atoms with Crippen molar-refractivity contribution in [3.63, 3.8) is 0 Å². The summed E-state index contributed by atoms with van der Waals surface area (Å²) in [6.07, 6.45) is -3.50. The maximum absolute atomic E-state index is 14.7. The minimum absolute atomic E-state index is 0.0541. The summed E-state index contributed by atoms with van der Waals surface area (Å²) < 4.78 is 59.7. The second-order valence-electron chi connectivity index (χ2n) is 10.2. The normalized spacial score (nSPS) is 12.6. The molecule has 10 heteroatoms. The lowest BCUT2D eigenvalue weighted by molar-refractivity contribution is -0.138. The molecule has 0 spiro atoms. The number of nitrogens with zero attached hydrogens (tertiary/aromatic N) is 2. The van der Waals surface area contributed by atoms with Gasteiger partial charge in [-0.15, -0.1) is 0 Å². The molecule has 0 saturated heterocycles. The Morgan fingerprint density at radius 2 is 1.63 bits per heavy atom. The molecular weight excluding hydrogens is 562 g/mol. The van der Waals surface area contributed by atoms with Crippen LogP contribution in [0.2, 0.25) is 0 Å². The Morgan fingerprint density at radius 3 is 2.40 bits per heavy atom. The van der Waals surface area contributed by atoms with Crippen LogP contribution < -0.4 is 10.9 Å². The van der Waals surface area contributed by atoms with Crippen LogP contribution in [0.1, 0.15) is 11.1 Å². The van der Waals surface area contributed by atoms with Gasteiger partial charge in [0.05, 0.1) is 22.0 Å². The average Bonchev–Trinajstić information content (AvgIpc) is 2.98. The fourth-order valence-corrected chi connectivity index (χ4v) is 5.69. The number of fused-ring (bicyclic) bond motifs is 3. The van der Waals surface area contributed by atoms with Crippen LogP contribution in [0, 0.1) is 5.82 Å². The number of halogens is 4. The molecule has 216 valence electrons. The molecule has 0 radical (unpaired) electrons. The number of carboxylic acid groups (broad SMARTS) is 1. The number of aryl methyl sites for hydroxylation is 1. The first-order chi connectivity index (χ1) is 20.6. The second kappa shape index (κ2) is 10.5. The molecule has 2 aromatic heterocycles. The highest BCUT2D eigenvalue weighted by molar-refractivity contribution is 6.02. The van der Waals surface area contributed by atoms with Gasteiger partial charge in [-0.05, 0) is 45.5 Å². The zero-order valence-electron chi connectivity index (χ0n) is 22.6. The van der Waals surface area contributed by atoms with Crippen molar-refractivity contribution in [3.05, 3.63) is 118 Å². The van der Waals surface area contributed by atoms with Gasteiger partial charge in [0.2, 0.25) is 0 Å². The van der Waals surface area contributed by atoms with Crippen LogP contribution in [-0.4, -0.2) is 26.7 Å². The molecule has 2 N–H and O–H groups in total. The van der Waals surface area contributed by atoms with E-state index < -0.39 is 40.7 Å². The highest BCUT2D eigenvalue weighted by Gasteiger charge is 2.38. The fraction of sp³-hybridized carbons (Fsp3) is 0.121. The van der Waals surface area contributed by atoms with Crippen molar-refractivity contribution in [1.29, 1.82) is 0 Å². The predicted molar refractivity (Wildman–Crippen MR) is 158 cm³/mol. The molecule has 0 aliphatic carbocycles. The highest BCUT2D eigenvalue weighted by atomic mass is 19.4. The molecule has 2 heterocycles. The van der Waals surface area contributed by atoms with Crippen molar-refractivity contribution >= 4 is 44.2 Å². The number of aliphatic carboxylic acids is 1. The molecule has 0 bridgehead atoms. The van der Waals surface area contributed by atoms with Crippen LogP contribution >= 0.6 is 0 Å².